The van der Waals surface area contributed by atoms with Crippen molar-refractivity contribution in [1.29, 1.82) is 0 Å². The molecule has 3 rings (SSSR count). The molecule has 0 aromatic heterocycles. The average molecular weight is 328 g/mol. The lowest BCUT2D eigenvalue weighted by Gasteiger charge is -2.31. The van der Waals surface area contributed by atoms with Crippen LogP contribution in [0.3, 0.4) is 0 Å². The highest BCUT2D eigenvalue weighted by Gasteiger charge is 2.34. The molecule has 22 heavy (non-hydrogen) atoms. The van der Waals surface area contributed by atoms with Gasteiger partial charge in [-0.3, -0.25) is 9.52 Å². The fourth-order valence-corrected chi connectivity index (χ4v) is 5.42. The Balaban J connectivity index is 1.45. The van der Waals surface area contributed by atoms with Crippen LogP contribution in [-0.2, 0) is 14.8 Å². The molecule has 0 spiro atoms. The zero-order valence-electron chi connectivity index (χ0n) is 13.3. The van der Waals surface area contributed by atoms with Gasteiger partial charge >= 0.3 is 0 Å². The summed E-state index contributed by atoms with van der Waals surface area (Å²) in [6, 6.07) is 0.735. The molecular weight excluding hydrogens is 300 g/mol. The molecule has 1 N–H and O–H groups in total. The van der Waals surface area contributed by atoms with Crippen molar-refractivity contribution in [1.82, 2.24) is 9.62 Å². The molecule has 3 aliphatic rings. The first-order chi connectivity index (χ1) is 10.5. The van der Waals surface area contributed by atoms with E-state index >= 15 is 0 Å². The molecule has 126 valence electrons. The summed E-state index contributed by atoms with van der Waals surface area (Å²) in [7, 11) is -3.46. The van der Waals surface area contributed by atoms with Crippen molar-refractivity contribution in [2.24, 2.45) is 11.8 Å². The molecule has 0 aromatic carbocycles. The van der Waals surface area contributed by atoms with Crippen LogP contribution >= 0.6 is 0 Å². The van der Waals surface area contributed by atoms with Gasteiger partial charge in [0.2, 0.25) is 15.9 Å². The van der Waals surface area contributed by atoms with Crippen LogP contribution in [0.2, 0.25) is 0 Å². The van der Waals surface area contributed by atoms with Crippen molar-refractivity contribution in [3.63, 3.8) is 0 Å². The van der Waals surface area contributed by atoms with Gasteiger partial charge in [0.1, 0.15) is 0 Å². The number of nitrogens with one attached hydrogen (secondary N) is 1. The average Bonchev–Trinajstić information content (AvgIpc) is 3.32. The lowest BCUT2D eigenvalue weighted by atomic mass is 9.91. The number of amides is 1. The lowest BCUT2D eigenvalue weighted by Crippen LogP contribution is -2.44. The van der Waals surface area contributed by atoms with Crippen LogP contribution in [0.25, 0.3) is 0 Å². The molecule has 0 unspecified atom stereocenters. The second-order valence-electron chi connectivity index (χ2n) is 7.29. The van der Waals surface area contributed by atoms with E-state index in [2.05, 4.69) is 9.62 Å². The summed E-state index contributed by atoms with van der Waals surface area (Å²) in [5, 5.41) is 0. The van der Waals surface area contributed by atoms with Crippen molar-refractivity contribution in [3.05, 3.63) is 0 Å². The number of sulfonamides is 1. The summed E-state index contributed by atoms with van der Waals surface area (Å²) in [5.74, 6) is -0.0437. The number of carbonyl (C=O) groups excluding carboxylic acids is 1. The van der Waals surface area contributed by atoms with Gasteiger partial charge in [0.05, 0.1) is 5.75 Å². The fraction of sp³-hybridized carbons (Fsp3) is 0.938. The third-order valence-electron chi connectivity index (χ3n) is 5.40. The minimum Gasteiger partial charge on any atom is -0.300 e. The second kappa shape index (κ2) is 6.87. The number of hydrogen-bond acceptors (Lipinski definition) is 4. The van der Waals surface area contributed by atoms with Gasteiger partial charge < -0.3 is 4.90 Å². The van der Waals surface area contributed by atoms with Crippen LogP contribution in [0.15, 0.2) is 0 Å². The Hall–Kier alpha value is -0.620. The van der Waals surface area contributed by atoms with E-state index in [1.807, 2.05) is 0 Å². The molecule has 0 radical (unpaired) electrons. The zero-order chi connectivity index (χ0) is 15.6. The van der Waals surface area contributed by atoms with E-state index in [-0.39, 0.29) is 23.5 Å². The van der Waals surface area contributed by atoms with E-state index in [0.29, 0.717) is 0 Å². The SMILES string of the molecule is O=C(NS(=O)(=O)CC1CCCCC1)C1CCN(C2CC2)CC1. The van der Waals surface area contributed by atoms with E-state index in [9.17, 15) is 13.2 Å². The Bertz CT molecular complexity index is 488. The highest BCUT2D eigenvalue weighted by molar-refractivity contribution is 7.90. The van der Waals surface area contributed by atoms with Crippen LogP contribution in [0.4, 0.5) is 0 Å². The number of carbonyl (C=O) groups is 1. The number of piperidine rings is 1. The monoisotopic (exact) mass is 328 g/mol. The van der Waals surface area contributed by atoms with Crippen LogP contribution in [-0.4, -0.2) is 44.1 Å². The number of rotatable bonds is 5. The molecule has 0 bridgehead atoms. The minimum absolute atomic E-state index is 0.125. The molecule has 6 heteroatoms. The molecule has 3 fully saturated rings. The summed E-state index contributed by atoms with van der Waals surface area (Å²) in [6.45, 7) is 1.87. The highest BCUT2D eigenvalue weighted by Crippen LogP contribution is 2.31. The Kier molecular flexibility index (Phi) is 5.07. The highest BCUT2D eigenvalue weighted by atomic mass is 32.2. The molecule has 1 aliphatic heterocycles. The molecule has 1 saturated heterocycles. The maximum Gasteiger partial charge on any atom is 0.236 e. The summed E-state index contributed by atoms with van der Waals surface area (Å²) < 4.78 is 26.7. The third kappa shape index (κ3) is 4.44. The van der Waals surface area contributed by atoms with Crippen molar-refractivity contribution in [2.45, 2.75) is 63.8 Å². The topological polar surface area (TPSA) is 66.5 Å². The van der Waals surface area contributed by atoms with Crippen LogP contribution in [0.5, 0.6) is 0 Å². The standard InChI is InChI=1S/C16H28N2O3S/c19-16(14-8-10-18(11-9-14)15-6-7-15)17-22(20,21)12-13-4-2-1-3-5-13/h13-15H,1-12H2,(H,17,19). The molecule has 2 aliphatic carbocycles. The van der Waals surface area contributed by atoms with E-state index < -0.39 is 10.0 Å². The van der Waals surface area contributed by atoms with Gasteiger partial charge in [-0.1, -0.05) is 19.3 Å². The van der Waals surface area contributed by atoms with Gasteiger partial charge in [0.15, 0.2) is 0 Å². The largest absolute Gasteiger partial charge is 0.300 e. The predicted octanol–water partition coefficient (Wildman–Crippen LogP) is 1.89. The molecule has 1 amide bonds. The summed E-state index contributed by atoms with van der Waals surface area (Å²) >= 11 is 0. The first-order valence-corrected chi connectivity index (χ1v) is 10.5. The van der Waals surface area contributed by atoms with Crippen LogP contribution in [0, 0.1) is 11.8 Å². The molecular formula is C16H28N2O3S. The zero-order valence-corrected chi connectivity index (χ0v) is 14.1. The Morgan fingerprint density at radius 3 is 2.18 bits per heavy atom. The predicted molar refractivity (Wildman–Crippen MR) is 85.8 cm³/mol. The molecule has 1 heterocycles. The normalized spacial score (nSPS) is 26.0. The van der Waals surface area contributed by atoms with Gasteiger partial charge in [-0.05, 0) is 57.5 Å². The Morgan fingerprint density at radius 1 is 0.955 bits per heavy atom. The maximum absolute atomic E-state index is 12.2. The van der Waals surface area contributed by atoms with Gasteiger partial charge in [-0.15, -0.1) is 0 Å². The smallest absolute Gasteiger partial charge is 0.236 e. The fourth-order valence-electron chi connectivity index (χ4n) is 3.91. The third-order valence-corrected chi connectivity index (χ3v) is 6.82. The number of likely N-dealkylation sites (tertiary alicyclic amines) is 1. The quantitative estimate of drug-likeness (QED) is 0.837. The van der Waals surface area contributed by atoms with Crippen molar-refractivity contribution >= 4 is 15.9 Å². The Morgan fingerprint density at radius 2 is 1.59 bits per heavy atom. The van der Waals surface area contributed by atoms with E-state index in [1.54, 1.807) is 0 Å². The van der Waals surface area contributed by atoms with E-state index in [1.165, 1.54) is 19.3 Å². The summed E-state index contributed by atoms with van der Waals surface area (Å²) in [5.41, 5.74) is 0. The van der Waals surface area contributed by atoms with Crippen molar-refractivity contribution in [3.8, 4) is 0 Å². The number of nitrogens with zero attached hydrogens (tertiary/aromatic N) is 1. The molecule has 0 aromatic rings. The van der Waals surface area contributed by atoms with Crippen molar-refractivity contribution < 1.29 is 13.2 Å². The summed E-state index contributed by atoms with van der Waals surface area (Å²) in [6.07, 6.45) is 9.57. The molecule has 5 nitrogen and oxygen atoms in total. The van der Waals surface area contributed by atoms with Crippen LogP contribution in [0.1, 0.15) is 57.8 Å². The van der Waals surface area contributed by atoms with Gasteiger partial charge in [-0.2, -0.15) is 0 Å². The van der Waals surface area contributed by atoms with E-state index in [0.717, 1.165) is 57.7 Å². The first-order valence-electron chi connectivity index (χ1n) is 8.82. The minimum atomic E-state index is -3.46. The molecule has 2 saturated carbocycles. The number of hydrogen-bond donors (Lipinski definition) is 1. The maximum atomic E-state index is 12.2. The van der Waals surface area contributed by atoms with E-state index in [4.69, 9.17) is 0 Å². The van der Waals surface area contributed by atoms with Gasteiger partial charge in [-0.25, -0.2) is 8.42 Å². The summed E-state index contributed by atoms with van der Waals surface area (Å²) in [4.78, 5) is 14.7. The van der Waals surface area contributed by atoms with Crippen LogP contribution < -0.4 is 4.72 Å². The van der Waals surface area contributed by atoms with Crippen molar-refractivity contribution in [2.75, 3.05) is 18.8 Å². The van der Waals surface area contributed by atoms with Gasteiger partial charge in [0.25, 0.3) is 0 Å². The second-order valence-corrected chi connectivity index (χ2v) is 9.06. The Labute approximate surface area is 133 Å². The first kappa shape index (κ1) is 16.2. The molecule has 0 atom stereocenters. The van der Waals surface area contributed by atoms with Gasteiger partial charge in [0, 0.05) is 12.0 Å². The lowest BCUT2D eigenvalue weighted by molar-refractivity contribution is -0.124.